The highest BCUT2D eigenvalue weighted by Crippen LogP contribution is 2.22. The molecule has 3 nitrogen and oxygen atoms in total. The van der Waals surface area contributed by atoms with Crippen LogP contribution in [-0.2, 0) is 16.0 Å². The van der Waals surface area contributed by atoms with E-state index in [1.807, 2.05) is 0 Å². The quantitative estimate of drug-likeness (QED) is 0.846. The molecule has 0 amide bonds. The molecule has 0 saturated carbocycles. The summed E-state index contributed by atoms with van der Waals surface area (Å²) in [4.78, 5) is 11.2. The lowest BCUT2D eigenvalue weighted by molar-refractivity contribution is -0.150. The van der Waals surface area contributed by atoms with Crippen LogP contribution in [0.4, 0.5) is 4.39 Å². The second-order valence-corrected chi connectivity index (χ2v) is 4.00. The van der Waals surface area contributed by atoms with Gasteiger partial charge in [0.2, 0.25) is 0 Å². The Bertz CT molecular complexity index is 580. The molecule has 0 aliphatic rings. The van der Waals surface area contributed by atoms with Crippen molar-refractivity contribution in [3.63, 3.8) is 0 Å². The van der Waals surface area contributed by atoms with E-state index in [1.54, 1.807) is 30.3 Å². The van der Waals surface area contributed by atoms with E-state index in [0.29, 0.717) is 16.3 Å². The average Bonchev–Trinajstić information content (AvgIpc) is 2.41. The Morgan fingerprint density at radius 2 is 1.94 bits per heavy atom. The maximum Gasteiger partial charge on any atom is 0.335 e. The lowest BCUT2D eigenvalue weighted by Crippen LogP contribution is -2.24. The molecule has 18 heavy (non-hydrogen) atoms. The van der Waals surface area contributed by atoms with Gasteiger partial charge in [0.25, 0.3) is 0 Å². The molecule has 0 spiro atoms. The highest BCUT2D eigenvalue weighted by atomic mass is 19.1. The van der Waals surface area contributed by atoms with Crippen molar-refractivity contribution in [2.75, 3.05) is 7.11 Å². The SMILES string of the molecule is COC(=O)C(O)Cc1ccc(F)c2ccccc12. The molecule has 1 atom stereocenters. The van der Waals surface area contributed by atoms with Crippen molar-refractivity contribution in [3.8, 4) is 0 Å². The van der Waals surface area contributed by atoms with E-state index in [9.17, 15) is 14.3 Å². The fraction of sp³-hybridized carbons (Fsp3) is 0.214. The molecule has 0 aliphatic heterocycles. The zero-order valence-corrected chi connectivity index (χ0v) is 9.89. The predicted octanol–water partition coefficient (Wildman–Crippen LogP) is 2.06. The van der Waals surface area contributed by atoms with E-state index in [1.165, 1.54) is 13.2 Å². The van der Waals surface area contributed by atoms with E-state index < -0.39 is 12.1 Å². The number of carbonyl (C=O) groups is 1. The van der Waals surface area contributed by atoms with Crippen molar-refractivity contribution in [2.45, 2.75) is 12.5 Å². The van der Waals surface area contributed by atoms with E-state index in [2.05, 4.69) is 4.74 Å². The molecule has 0 bridgehead atoms. The number of halogens is 1. The van der Waals surface area contributed by atoms with Gasteiger partial charge in [0.1, 0.15) is 5.82 Å². The van der Waals surface area contributed by atoms with Crippen molar-refractivity contribution >= 4 is 16.7 Å². The van der Waals surface area contributed by atoms with Crippen LogP contribution in [-0.4, -0.2) is 24.3 Å². The number of fused-ring (bicyclic) bond motifs is 1. The van der Waals surface area contributed by atoms with E-state index in [-0.39, 0.29) is 12.2 Å². The van der Waals surface area contributed by atoms with E-state index in [0.717, 1.165) is 0 Å². The molecule has 0 saturated heterocycles. The first-order chi connectivity index (χ1) is 8.63. The van der Waals surface area contributed by atoms with Crippen LogP contribution in [0.2, 0.25) is 0 Å². The fourth-order valence-corrected chi connectivity index (χ4v) is 1.93. The third kappa shape index (κ3) is 2.33. The zero-order chi connectivity index (χ0) is 13.1. The van der Waals surface area contributed by atoms with E-state index >= 15 is 0 Å². The smallest absolute Gasteiger partial charge is 0.335 e. The van der Waals surface area contributed by atoms with Gasteiger partial charge in [-0.25, -0.2) is 9.18 Å². The highest BCUT2D eigenvalue weighted by molar-refractivity contribution is 5.87. The Hall–Kier alpha value is -1.94. The maximum atomic E-state index is 13.6. The Morgan fingerprint density at radius 3 is 2.61 bits per heavy atom. The lowest BCUT2D eigenvalue weighted by atomic mass is 9.99. The summed E-state index contributed by atoms with van der Waals surface area (Å²) in [5.41, 5.74) is 0.713. The molecule has 94 valence electrons. The minimum Gasteiger partial charge on any atom is -0.467 e. The first kappa shape index (κ1) is 12.5. The lowest BCUT2D eigenvalue weighted by Gasteiger charge is -2.11. The summed E-state index contributed by atoms with van der Waals surface area (Å²) >= 11 is 0. The van der Waals surface area contributed by atoms with Gasteiger partial charge in [-0.15, -0.1) is 0 Å². The summed E-state index contributed by atoms with van der Waals surface area (Å²) in [5.74, 6) is -1.01. The number of hydrogen-bond acceptors (Lipinski definition) is 3. The summed E-state index contributed by atoms with van der Waals surface area (Å²) in [6.07, 6.45) is -1.13. The van der Waals surface area contributed by atoms with Crippen molar-refractivity contribution in [1.82, 2.24) is 0 Å². The van der Waals surface area contributed by atoms with Crippen LogP contribution >= 0.6 is 0 Å². The van der Waals surface area contributed by atoms with Crippen molar-refractivity contribution in [1.29, 1.82) is 0 Å². The van der Waals surface area contributed by atoms with Crippen LogP contribution in [0.3, 0.4) is 0 Å². The number of rotatable bonds is 3. The summed E-state index contributed by atoms with van der Waals surface area (Å²) in [6.45, 7) is 0. The van der Waals surface area contributed by atoms with Crippen LogP contribution in [0, 0.1) is 5.82 Å². The van der Waals surface area contributed by atoms with Crippen LogP contribution in [0.1, 0.15) is 5.56 Å². The molecule has 0 aromatic heterocycles. The van der Waals surface area contributed by atoms with Crippen LogP contribution in [0.15, 0.2) is 36.4 Å². The van der Waals surface area contributed by atoms with Crippen molar-refractivity contribution in [2.24, 2.45) is 0 Å². The van der Waals surface area contributed by atoms with Gasteiger partial charge in [-0.3, -0.25) is 0 Å². The van der Waals surface area contributed by atoms with Gasteiger partial charge in [-0.05, 0) is 17.0 Å². The summed E-state index contributed by atoms with van der Waals surface area (Å²) < 4.78 is 18.0. The number of hydrogen-bond donors (Lipinski definition) is 1. The standard InChI is InChI=1S/C14H13FO3/c1-18-14(17)13(16)8-9-6-7-12(15)11-5-3-2-4-10(9)11/h2-7,13,16H,8H2,1H3. The van der Waals surface area contributed by atoms with Gasteiger partial charge in [-0.2, -0.15) is 0 Å². The summed E-state index contributed by atoms with van der Waals surface area (Å²) in [5, 5.41) is 10.8. The largest absolute Gasteiger partial charge is 0.467 e. The van der Waals surface area contributed by atoms with Crippen molar-refractivity contribution < 1.29 is 19.0 Å². The third-order valence-electron chi connectivity index (χ3n) is 2.85. The molecule has 0 fully saturated rings. The van der Waals surface area contributed by atoms with Crippen LogP contribution in [0.5, 0.6) is 0 Å². The van der Waals surface area contributed by atoms with Gasteiger partial charge in [0, 0.05) is 11.8 Å². The maximum absolute atomic E-state index is 13.6. The topological polar surface area (TPSA) is 46.5 Å². The summed E-state index contributed by atoms with van der Waals surface area (Å²) in [6, 6.07) is 9.86. The second-order valence-electron chi connectivity index (χ2n) is 4.00. The van der Waals surface area contributed by atoms with Crippen LogP contribution < -0.4 is 0 Å². The number of carbonyl (C=O) groups excluding carboxylic acids is 1. The van der Waals surface area contributed by atoms with Gasteiger partial charge < -0.3 is 9.84 Å². The first-order valence-corrected chi connectivity index (χ1v) is 5.55. The number of methoxy groups -OCH3 is 1. The Labute approximate surface area is 104 Å². The zero-order valence-electron chi connectivity index (χ0n) is 9.89. The highest BCUT2D eigenvalue weighted by Gasteiger charge is 2.17. The Balaban J connectivity index is 2.40. The predicted molar refractivity (Wildman–Crippen MR) is 65.6 cm³/mol. The van der Waals surface area contributed by atoms with E-state index in [4.69, 9.17) is 0 Å². The van der Waals surface area contributed by atoms with Crippen molar-refractivity contribution in [3.05, 3.63) is 47.8 Å². The number of esters is 1. The molecular weight excluding hydrogens is 235 g/mol. The molecule has 4 heteroatoms. The minimum atomic E-state index is -1.23. The monoisotopic (exact) mass is 248 g/mol. The number of aliphatic hydroxyl groups is 1. The molecule has 1 unspecified atom stereocenters. The van der Waals surface area contributed by atoms with Gasteiger partial charge in [-0.1, -0.05) is 30.3 Å². The average molecular weight is 248 g/mol. The molecule has 0 heterocycles. The van der Waals surface area contributed by atoms with Gasteiger partial charge in [0.05, 0.1) is 7.11 Å². The first-order valence-electron chi connectivity index (χ1n) is 5.55. The number of benzene rings is 2. The summed E-state index contributed by atoms with van der Waals surface area (Å²) in [7, 11) is 1.22. The molecule has 2 rings (SSSR count). The molecule has 0 radical (unpaired) electrons. The second kappa shape index (κ2) is 5.14. The Kier molecular flexibility index (Phi) is 3.58. The molecular formula is C14H13FO3. The number of ether oxygens (including phenoxy) is 1. The van der Waals surface area contributed by atoms with Gasteiger partial charge >= 0.3 is 5.97 Å². The normalized spacial score (nSPS) is 12.4. The molecule has 0 aliphatic carbocycles. The number of aliphatic hydroxyl groups excluding tert-OH is 1. The van der Waals surface area contributed by atoms with Crippen LogP contribution in [0.25, 0.3) is 10.8 Å². The minimum absolute atomic E-state index is 0.105. The molecule has 2 aromatic rings. The Morgan fingerprint density at radius 1 is 1.28 bits per heavy atom. The fourth-order valence-electron chi connectivity index (χ4n) is 1.93. The third-order valence-corrected chi connectivity index (χ3v) is 2.85. The molecule has 2 aromatic carbocycles. The van der Waals surface area contributed by atoms with Gasteiger partial charge in [0.15, 0.2) is 6.10 Å². The molecule has 1 N–H and O–H groups in total.